The highest BCUT2D eigenvalue weighted by atomic mass is 16.7. The Balaban J connectivity index is 1.77. The van der Waals surface area contributed by atoms with Gasteiger partial charge in [0, 0.05) is 12.0 Å². The fourth-order valence-electron chi connectivity index (χ4n) is 2.24. The van der Waals surface area contributed by atoms with E-state index in [1.807, 2.05) is 48.5 Å². The minimum atomic E-state index is -0.245. The molecule has 2 aromatic rings. The molecule has 3 rings (SSSR count). The van der Waals surface area contributed by atoms with Gasteiger partial charge in [0.2, 0.25) is 0 Å². The molecule has 1 heterocycles. The molecule has 2 atom stereocenters. The fourth-order valence-corrected chi connectivity index (χ4v) is 2.24. The molecule has 1 aliphatic heterocycles. The molecule has 18 heavy (non-hydrogen) atoms. The lowest BCUT2D eigenvalue weighted by Crippen LogP contribution is -2.21. The molecule has 0 spiro atoms. The minimum Gasteiger partial charge on any atom is -0.348 e. The van der Waals surface area contributed by atoms with Crippen molar-refractivity contribution < 1.29 is 9.47 Å². The van der Waals surface area contributed by atoms with Crippen molar-refractivity contribution in [3.63, 3.8) is 0 Å². The van der Waals surface area contributed by atoms with Crippen molar-refractivity contribution in [1.29, 1.82) is 0 Å². The van der Waals surface area contributed by atoms with Crippen molar-refractivity contribution in [2.45, 2.75) is 18.8 Å². The van der Waals surface area contributed by atoms with Crippen LogP contribution in [0.5, 0.6) is 0 Å². The molecular formula is C16H16O2. The van der Waals surface area contributed by atoms with Gasteiger partial charge in [-0.25, -0.2) is 0 Å². The van der Waals surface area contributed by atoms with Crippen LogP contribution in [0.15, 0.2) is 60.7 Å². The van der Waals surface area contributed by atoms with Gasteiger partial charge in [0.15, 0.2) is 6.29 Å². The highest BCUT2D eigenvalue weighted by Crippen LogP contribution is 2.34. The summed E-state index contributed by atoms with van der Waals surface area (Å²) in [5.41, 5.74) is 2.31. The zero-order chi connectivity index (χ0) is 12.2. The Morgan fingerprint density at radius 1 is 0.778 bits per heavy atom. The van der Waals surface area contributed by atoms with E-state index >= 15 is 0 Å². The molecule has 2 nitrogen and oxygen atoms in total. The van der Waals surface area contributed by atoms with Crippen molar-refractivity contribution in [3.05, 3.63) is 71.8 Å². The van der Waals surface area contributed by atoms with E-state index in [4.69, 9.17) is 9.47 Å². The molecule has 0 radical (unpaired) electrons. The molecule has 1 aliphatic rings. The lowest BCUT2D eigenvalue weighted by atomic mass is 10.1. The second kappa shape index (κ2) is 5.34. The Morgan fingerprint density at radius 3 is 2.06 bits per heavy atom. The third-order valence-electron chi connectivity index (χ3n) is 3.18. The molecule has 92 valence electrons. The number of hydrogen-bond donors (Lipinski definition) is 0. The van der Waals surface area contributed by atoms with Crippen molar-refractivity contribution in [1.82, 2.24) is 0 Å². The quantitative estimate of drug-likeness (QED) is 0.793. The normalized spacial score (nSPS) is 23.8. The van der Waals surface area contributed by atoms with Gasteiger partial charge in [-0.3, -0.25) is 0 Å². The second-order valence-corrected chi connectivity index (χ2v) is 4.44. The third kappa shape index (κ3) is 2.45. The van der Waals surface area contributed by atoms with E-state index in [-0.39, 0.29) is 12.4 Å². The van der Waals surface area contributed by atoms with E-state index in [0.717, 1.165) is 18.6 Å². The van der Waals surface area contributed by atoms with Gasteiger partial charge in [-0.2, -0.15) is 0 Å². The van der Waals surface area contributed by atoms with E-state index in [0.29, 0.717) is 0 Å². The Labute approximate surface area is 107 Å². The van der Waals surface area contributed by atoms with E-state index in [9.17, 15) is 0 Å². The van der Waals surface area contributed by atoms with Gasteiger partial charge in [0.1, 0.15) is 0 Å². The van der Waals surface area contributed by atoms with Crippen molar-refractivity contribution in [3.8, 4) is 0 Å². The average Bonchev–Trinajstić information content (AvgIpc) is 2.49. The molecule has 0 aliphatic carbocycles. The predicted octanol–water partition coefficient (Wildman–Crippen LogP) is 3.86. The van der Waals surface area contributed by atoms with Crippen LogP contribution in [0.3, 0.4) is 0 Å². The van der Waals surface area contributed by atoms with Gasteiger partial charge < -0.3 is 9.47 Å². The van der Waals surface area contributed by atoms with Crippen molar-refractivity contribution >= 4 is 0 Å². The van der Waals surface area contributed by atoms with Gasteiger partial charge in [-0.05, 0) is 5.56 Å². The summed E-state index contributed by atoms with van der Waals surface area (Å²) in [6, 6.07) is 20.4. The fraction of sp³-hybridized carbons (Fsp3) is 0.250. The summed E-state index contributed by atoms with van der Waals surface area (Å²) in [5.74, 6) is 0. The molecule has 1 fully saturated rings. The number of ether oxygens (including phenoxy) is 2. The largest absolute Gasteiger partial charge is 0.348 e. The highest BCUT2D eigenvalue weighted by molar-refractivity contribution is 5.20. The highest BCUT2D eigenvalue weighted by Gasteiger charge is 2.25. The second-order valence-electron chi connectivity index (χ2n) is 4.44. The van der Waals surface area contributed by atoms with Crippen molar-refractivity contribution in [2.24, 2.45) is 0 Å². The van der Waals surface area contributed by atoms with Crippen LogP contribution in [0.1, 0.15) is 29.9 Å². The van der Waals surface area contributed by atoms with Gasteiger partial charge in [0.05, 0.1) is 12.7 Å². The molecular weight excluding hydrogens is 224 g/mol. The molecule has 0 aromatic heterocycles. The summed E-state index contributed by atoms with van der Waals surface area (Å²) in [7, 11) is 0. The number of rotatable bonds is 2. The maximum absolute atomic E-state index is 6.04. The summed E-state index contributed by atoms with van der Waals surface area (Å²) < 4.78 is 11.7. The number of hydrogen-bond acceptors (Lipinski definition) is 2. The first-order valence-electron chi connectivity index (χ1n) is 6.30. The van der Waals surface area contributed by atoms with Crippen LogP contribution in [0, 0.1) is 0 Å². The zero-order valence-electron chi connectivity index (χ0n) is 10.2. The van der Waals surface area contributed by atoms with E-state index in [2.05, 4.69) is 12.1 Å². The molecule has 0 unspecified atom stereocenters. The van der Waals surface area contributed by atoms with E-state index in [1.54, 1.807) is 0 Å². The lowest BCUT2D eigenvalue weighted by Gasteiger charge is -2.30. The first-order valence-corrected chi connectivity index (χ1v) is 6.30. The van der Waals surface area contributed by atoms with Gasteiger partial charge in [-0.15, -0.1) is 0 Å². The van der Waals surface area contributed by atoms with Crippen LogP contribution in [0.4, 0.5) is 0 Å². The Kier molecular flexibility index (Phi) is 3.40. The van der Waals surface area contributed by atoms with Crippen LogP contribution < -0.4 is 0 Å². The summed E-state index contributed by atoms with van der Waals surface area (Å²) in [6.07, 6.45) is 0.795. The van der Waals surface area contributed by atoms with Crippen LogP contribution in [0.25, 0.3) is 0 Å². The van der Waals surface area contributed by atoms with Gasteiger partial charge in [0.25, 0.3) is 0 Å². The lowest BCUT2D eigenvalue weighted by molar-refractivity contribution is -0.219. The summed E-state index contributed by atoms with van der Waals surface area (Å²) >= 11 is 0. The third-order valence-corrected chi connectivity index (χ3v) is 3.18. The summed E-state index contributed by atoms with van der Waals surface area (Å²) in [4.78, 5) is 0. The standard InChI is InChI=1S/C16H16O2/c1-3-7-13(8-4-1)15-11-12-17-16(18-15)14-9-5-2-6-10-14/h1-10,15-16H,11-12H2/t15-,16-/m0/s1. The molecule has 1 saturated heterocycles. The monoisotopic (exact) mass is 240 g/mol. The molecule has 0 saturated carbocycles. The molecule has 2 aromatic carbocycles. The maximum Gasteiger partial charge on any atom is 0.184 e. The summed E-state index contributed by atoms with van der Waals surface area (Å²) in [6.45, 7) is 0.735. The first kappa shape index (κ1) is 11.5. The summed E-state index contributed by atoms with van der Waals surface area (Å²) in [5, 5.41) is 0. The average molecular weight is 240 g/mol. The molecule has 0 N–H and O–H groups in total. The maximum atomic E-state index is 6.04. The predicted molar refractivity (Wildman–Crippen MR) is 70.0 cm³/mol. The van der Waals surface area contributed by atoms with Crippen LogP contribution in [0.2, 0.25) is 0 Å². The minimum absolute atomic E-state index is 0.130. The topological polar surface area (TPSA) is 18.5 Å². The SMILES string of the molecule is c1ccc([C@H]2OCC[C@@H](c3ccccc3)O2)cc1. The van der Waals surface area contributed by atoms with Crippen LogP contribution >= 0.6 is 0 Å². The zero-order valence-corrected chi connectivity index (χ0v) is 10.2. The Bertz CT molecular complexity index is 435. The van der Waals surface area contributed by atoms with Crippen LogP contribution in [-0.2, 0) is 9.47 Å². The number of benzene rings is 2. The van der Waals surface area contributed by atoms with E-state index < -0.39 is 0 Å². The smallest absolute Gasteiger partial charge is 0.184 e. The molecule has 0 amide bonds. The molecule has 0 bridgehead atoms. The first-order chi connectivity index (χ1) is 8.93. The van der Waals surface area contributed by atoms with Crippen molar-refractivity contribution in [2.75, 3.05) is 6.61 Å². The molecule has 2 heteroatoms. The van der Waals surface area contributed by atoms with Gasteiger partial charge >= 0.3 is 0 Å². The Morgan fingerprint density at radius 2 is 1.39 bits per heavy atom. The van der Waals surface area contributed by atoms with Crippen LogP contribution in [-0.4, -0.2) is 6.61 Å². The Hall–Kier alpha value is -1.64. The van der Waals surface area contributed by atoms with E-state index in [1.165, 1.54) is 5.56 Å². The van der Waals surface area contributed by atoms with Gasteiger partial charge in [-0.1, -0.05) is 60.7 Å².